The van der Waals surface area contributed by atoms with E-state index in [1.54, 1.807) is 18.2 Å². The van der Waals surface area contributed by atoms with Gasteiger partial charge in [0.15, 0.2) is 0 Å². The molecule has 0 aliphatic heterocycles. The van der Waals surface area contributed by atoms with Gasteiger partial charge in [0.1, 0.15) is 5.82 Å². The number of sulfonamides is 1. The number of aromatic nitrogens is 4. The van der Waals surface area contributed by atoms with Crippen molar-refractivity contribution in [1.29, 1.82) is 0 Å². The zero-order valence-electron chi connectivity index (χ0n) is 20.2. The number of carbonyl (C=O) groups excluding carboxylic acids is 2. The second kappa shape index (κ2) is 11.1. The highest BCUT2D eigenvalue weighted by Crippen LogP contribution is 2.32. The minimum Gasteiger partial charge on any atom is -0.338 e. The van der Waals surface area contributed by atoms with Gasteiger partial charge in [-0.1, -0.05) is 29.8 Å². The summed E-state index contributed by atoms with van der Waals surface area (Å²) in [5, 5.41) is 10.9. The molecule has 1 aliphatic rings. The molecule has 0 saturated heterocycles. The Kier molecular flexibility index (Phi) is 7.54. The number of aromatic amines is 1. The van der Waals surface area contributed by atoms with Crippen molar-refractivity contribution in [2.24, 2.45) is 0 Å². The van der Waals surface area contributed by atoms with Crippen LogP contribution in [0.5, 0.6) is 0 Å². The first-order valence-corrected chi connectivity index (χ1v) is 13.8. The Morgan fingerprint density at radius 3 is 2.50 bits per heavy atom. The van der Waals surface area contributed by atoms with E-state index < -0.39 is 27.2 Å². The van der Waals surface area contributed by atoms with Crippen molar-refractivity contribution in [3.63, 3.8) is 0 Å². The van der Waals surface area contributed by atoms with Gasteiger partial charge in [0.25, 0.3) is 21.8 Å². The number of hydroxylamine groups is 1. The molecule has 204 valence electrons. The Bertz CT molecular complexity index is 1770. The zero-order chi connectivity index (χ0) is 28.4. The lowest BCUT2D eigenvalue weighted by atomic mass is 10.0. The van der Waals surface area contributed by atoms with Gasteiger partial charge >= 0.3 is 0 Å². The Labute approximate surface area is 237 Å². The van der Waals surface area contributed by atoms with Gasteiger partial charge in [-0.25, -0.2) is 33.6 Å². The number of amides is 2. The molecular formula is C25H19Cl2N7O5S. The third kappa shape index (κ3) is 5.67. The van der Waals surface area contributed by atoms with Crippen LogP contribution < -0.4 is 15.5 Å². The van der Waals surface area contributed by atoms with Gasteiger partial charge in [-0.05, 0) is 36.4 Å². The quantitative estimate of drug-likeness (QED) is 0.120. The van der Waals surface area contributed by atoms with E-state index in [0.717, 1.165) is 23.4 Å². The highest BCUT2D eigenvalue weighted by atomic mass is 35.5. The van der Waals surface area contributed by atoms with E-state index >= 15 is 0 Å². The number of halogens is 2. The first-order chi connectivity index (χ1) is 19.1. The number of hydrogen-bond donors (Lipinski definition) is 5. The van der Waals surface area contributed by atoms with Gasteiger partial charge in [0.2, 0.25) is 5.95 Å². The monoisotopic (exact) mass is 599 g/mol. The fourth-order valence-electron chi connectivity index (χ4n) is 3.88. The van der Waals surface area contributed by atoms with E-state index in [-0.39, 0.29) is 28.4 Å². The van der Waals surface area contributed by atoms with Gasteiger partial charge in [0.05, 0.1) is 31.9 Å². The first-order valence-electron chi connectivity index (χ1n) is 11.5. The lowest BCUT2D eigenvalue weighted by molar-refractivity contribution is -0.113. The molecule has 2 aromatic carbocycles. The van der Waals surface area contributed by atoms with E-state index in [0.29, 0.717) is 22.1 Å². The van der Waals surface area contributed by atoms with Gasteiger partial charge in [0, 0.05) is 35.6 Å². The van der Waals surface area contributed by atoms with Gasteiger partial charge < -0.3 is 10.3 Å². The number of H-pyrrole nitrogens is 1. The maximum Gasteiger partial charge on any atom is 0.277 e. The smallest absolute Gasteiger partial charge is 0.277 e. The van der Waals surface area contributed by atoms with Crippen LogP contribution in [0.2, 0.25) is 5.02 Å². The number of anilines is 2. The number of imidazole rings is 1. The summed E-state index contributed by atoms with van der Waals surface area (Å²) in [4.78, 5) is 39.6. The molecule has 0 saturated carbocycles. The summed E-state index contributed by atoms with van der Waals surface area (Å²) < 4.78 is 27.8. The Morgan fingerprint density at radius 1 is 1.05 bits per heavy atom. The van der Waals surface area contributed by atoms with Crippen molar-refractivity contribution in [3.8, 4) is 11.4 Å². The Hall–Kier alpha value is -4.30. The minimum atomic E-state index is -4.12. The lowest BCUT2D eigenvalue weighted by Gasteiger charge is -2.20. The third-order valence-electron chi connectivity index (χ3n) is 5.88. The summed E-state index contributed by atoms with van der Waals surface area (Å²) in [5.74, 6) is -1.12. The van der Waals surface area contributed by atoms with Crippen LogP contribution in [-0.2, 0) is 14.8 Å². The molecule has 15 heteroatoms. The van der Waals surface area contributed by atoms with Crippen molar-refractivity contribution >= 4 is 67.7 Å². The molecule has 40 heavy (non-hydrogen) atoms. The highest BCUT2D eigenvalue weighted by Gasteiger charge is 2.29. The van der Waals surface area contributed by atoms with Crippen LogP contribution in [0.4, 0.5) is 11.6 Å². The number of fused-ring (bicyclic) bond motifs is 1. The summed E-state index contributed by atoms with van der Waals surface area (Å²) >= 11 is 12.8. The summed E-state index contributed by atoms with van der Waals surface area (Å²) in [7, 11) is -4.12. The van der Waals surface area contributed by atoms with Crippen LogP contribution in [0, 0.1) is 0 Å². The van der Waals surface area contributed by atoms with E-state index in [2.05, 4.69) is 30.0 Å². The fourth-order valence-corrected chi connectivity index (χ4v) is 5.62. The van der Waals surface area contributed by atoms with Crippen molar-refractivity contribution in [3.05, 3.63) is 88.1 Å². The fraction of sp³-hybridized carbons (Fsp3) is 0.0800. The number of para-hydroxylation sites is 2. The molecule has 0 bridgehead atoms. The number of benzene rings is 2. The van der Waals surface area contributed by atoms with E-state index in [4.69, 9.17) is 28.4 Å². The predicted octanol–water partition coefficient (Wildman–Crippen LogP) is 3.99. The van der Waals surface area contributed by atoms with Crippen LogP contribution in [0.15, 0.2) is 77.5 Å². The van der Waals surface area contributed by atoms with Gasteiger partial charge in [-0.2, -0.15) is 0 Å². The zero-order valence-corrected chi connectivity index (χ0v) is 22.5. The van der Waals surface area contributed by atoms with E-state index in [9.17, 15) is 18.0 Å². The molecule has 0 radical (unpaired) electrons. The topological polar surface area (TPSA) is 179 Å². The van der Waals surface area contributed by atoms with Crippen LogP contribution >= 0.6 is 23.2 Å². The standard InChI is InChI=1S/C25H19Cl2N7O5S/c26-18-8-5-14(9-17(18)22-31-20-3-1-2-4-21(20)32-22)30-24(36)16-7-6-15(10-19(16)27)40(38,39)34-25-28-11-13(12-29-25)23(35)33-37/h1-9,11-12,19,37H,10H2,(H,30,36)(H,31,32)(H,33,35)(H,28,29,34). The minimum absolute atomic E-state index is 0.0767. The van der Waals surface area contributed by atoms with E-state index in [1.807, 2.05) is 24.3 Å². The molecule has 2 heterocycles. The molecule has 4 aromatic rings. The number of hydrogen-bond acceptors (Lipinski definition) is 8. The molecule has 1 aliphatic carbocycles. The molecule has 2 aromatic heterocycles. The number of nitrogens with one attached hydrogen (secondary N) is 4. The first kappa shape index (κ1) is 27.3. The molecule has 2 amide bonds. The largest absolute Gasteiger partial charge is 0.338 e. The van der Waals surface area contributed by atoms with Crippen LogP contribution in [-0.4, -0.2) is 50.8 Å². The average molecular weight is 600 g/mol. The number of alkyl halides is 1. The summed E-state index contributed by atoms with van der Waals surface area (Å²) in [6.07, 6.45) is 4.50. The van der Waals surface area contributed by atoms with Crippen molar-refractivity contribution < 1.29 is 23.2 Å². The third-order valence-corrected chi connectivity index (χ3v) is 8.05. The van der Waals surface area contributed by atoms with Crippen LogP contribution in [0.3, 0.4) is 0 Å². The Balaban J connectivity index is 1.32. The second-order valence-electron chi connectivity index (χ2n) is 8.52. The molecule has 5 rings (SSSR count). The lowest BCUT2D eigenvalue weighted by Crippen LogP contribution is -2.26. The van der Waals surface area contributed by atoms with Crippen LogP contribution in [0.25, 0.3) is 22.4 Å². The molecule has 0 fully saturated rings. The molecular weight excluding hydrogens is 581 g/mol. The van der Waals surface area contributed by atoms with Crippen molar-refractivity contribution in [2.75, 3.05) is 10.0 Å². The van der Waals surface area contributed by atoms with Gasteiger partial charge in [-0.15, -0.1) is 11.6 Å². The van der Waals surface area contributed by atoms with E-state index in [1.165, 1.54) is 17.6 Å². The predicted molar refractivity (Wildman–Crippen MR) is 149 cm³/mol. The average Bonchev–Trinajstić information content (AvgIpc) is 3.38. The SMILES string of the molecule is O=C(Nc1ccc(Cl)c(-c2nc3ccccc3[nH]2)c1)C1=CC=C(S(=O)(=O)Nc2ncc(C(=O)NO)cn2)CC1Cl. The maximum atomic E-state index is 13.0. The van der Waals surface area contributed by atoms with Gasteiger partial charge in [-0.3, -0.25) is 14.8 Å². The Morgan fingerprint density at radius 2 is 1.80 bits per heavy atom. The molecule has 1 unspecified atom stereocenters. The summed E-state index contributed by atoms with van der Waals surface area (Å²) in [6.45, 7) is 0. The maximum absolute atomic E-state index is 13.0. The molecule has 5 N–H and O–H groups in total. The normalized spacial score (nSPS) is 15.2. The number of rotatable bonds is 7. The number of carbonyl (C=O) groups is 2. The molecule has 0 spiro atoms. The molecule has 12 nitrogen and oxygen atoms in total. The summed E-state index contributed by atoms with van der Waals surface area (Å²) in [6, 6.07) is 12.5. The summed E-state index contributed by atoms with van der Waals surface area (Å²) in [5.41, 5.74) is 4.14. The highest BCUT2D eigenvalue weighted by molar-refractivity contribution is 7.96. The second-order valence-corrected chi connectivity index (χ2v) is 11.2. The van der Waals surface area contributed by atoms with Crippen molar-refractivity contribution in [1.82, 2.24) is 25.4 Å². The molecule has 1 atom stereocenters. The van der Waals surface area contributed by atoms with Crippen LogP contribution in [0.1, 0.15) is 16.8 Å². The van der Waals surface area contributed by atoms with Crippen molar-refractivity contribution in [2.45, 2.75) is 11.8 Å². The number of nitrogens with zero attached hydrogens (tertiary/aromatic N) is 3. The number of allylic oxidation sites excluding steroid dienone is 3.